The summed E-state index contributed by atoms with van der Waals surface area (Å²) in [5.74, 6) is 1.14. The van der Waals surface area contributed by atoms with Gasteiger partial charge in [-0.2, -0.15) is 0 Å². The Labute approximate surface area is 174 Å². The van der Waals surface area contributed by atoms with Crippen LogP contribution in [0.4, 0.5) is 0 Å². The molecule has 2 aliphatic carbocycles. The molecule has 1 saturated heterocycles. The molecule has 0 amide bonds. The normalized spacial score (nSPS) is 23.8. The number of nitrogens with zero attached hydrogens (tertiary/aromatic N) is 1. The fourth-order valence-corrected chi connectivity index (χ4v) is 6.01. The van der Waals surface area contributed by atoms with Gasteiger partial charge in [-0.15, -0.1) is 0 Å². The number of likely N-dealkylation sites (tertiary alicyclic amines) is 1. The molecule has 0 aromatic heterocycles. The molecule has 1 atom stereocenters. The van der Waals surface area contributed by atoms with Crippen molar-refractivity contribution < 1.29 is 0 Å². The zero-order chi connectivity index (χ0) is 18.9. The van der Waals surface area contributed by atoms with Crippen molar-refractivity contribution in [3.05, 3.63) is 69.7 Å². The van der Waals surface area contributed by atoms with Crippen LogP contribution in [-0.2, 0) is 0 Å². The second-order valence-corrected chi connectivity index (χ2v) is 9.31. The summed E-state index contributed by atoms with van der Waals surface area (Å²) in [6, 6.07) is 16.3. The standard InChI is InChI=1S/C26H30ClN/c27-22-13-12-20-11-10-19-6-4-5-9-24(19)26(25(20)18-22)21-14-16-28(17-15-21)23-7-2-1-3-8-23/h4-6,9-13,18,21,23,26H,1-3,7-8,14-17H2. The highest BCUT2D eigenvalue weighted by molar-refractivity contribution is 6.30. The number of benzene rings is 2. The van der Waals surface area contributed by atoms with Crippen LogP contribution in [0.15, 0.2) is 42.5 Å². The van der Waals surface area contributed by atoms with Crippen molar-refractivity contribution in [2.75, 3.05) is 13.1 Å². The van der Waals surface area contributed by atoms with E-state index in [2.05, 4.69) is 53.5 Å². The molecule has 0 N–H and O–H groups in total. The van der Waals surface area contributed by atoms with Gasteiger partial charge in [0.1, 0.15) is 0 Å². The summed E-state index contributed by atoms with van der Waals surface area (Å²) in [4.78, 5) is 2.80. The number of rotatable bonds is 2. The van der Waals surface area contributed by atoms with Crippen LogP contribution in [0.3, 0.4) is 0 Å². The van der Waals surface area contributed by atoms with E-state index in [1.54, 1.807) is 0 Å². The molecule has 2 aromatic carbocycles. The number of piperidine rings is 1. The Bertz CT molecular complexity index is 856. The number of fused-ring (bicyclic) bond motifs is 2. The maximum atomic E-state index is 6.45. The van der Waals surface area contributed by atoms with Gasteiger partial charge in [0.15, 0.2) is 0 Å². The molecule has 1 saturated carbocycles. The summed E-state index contributed by atoms with van der Waals surface area (Å²) in [5.41, 5.74) is 5.61. The van der Waals surface area contributed by atoms with Gasteiger partial charge in [0.2, 0.25) is 0 Å². The minimum atomic E-state index is 0.452. The summed E-state index contributed by atoms with van der Waals surface area (Å²) in [6.45, 7) is 2.52. The molecule has 0 radical (unpaired) electrons. The third-order valence-electron chi connectivity index (χ3n) is 7.29. The molecule has 2 aromatic rings. The van der Waals surface area contributed by atoms with Crippen molar-refractivity contribution in [3.8, 4) is 0 Å². The van der Waals surface area contributed by atoms with Crippen LogP contribution < -0.4 is 0 Å². The van der Waals surface area contributed by atoms with E-state index in [9.17, 15) is 0 Å². The quantitative estimate of drug-likeness (QED) is 0.532. The van der Waals surface area contributed by atoms with Gasteiger partial charge in [-0.1, -0.05) is 73.3 Å². The summed E-state index contributed by atoms with van der Waals surface area (Å²) < 4.78 is 0. The Hall–Kier alpha value is -1.57. The average molecular weight is 392 g/mol. The van der Waals surface area contributed by atoms with E-state index in [1.165, 1.54) is 80.3 Å². The largest absolute Gasteiger partial charge is 0.300 e. The highest BCUT2D eigenvalue weighted by Crippen LogP contribution is 2.44. The Morgan fingerprint density at radius 3 is 2.25 bits per heavy atom. The molecule has 1 unspecified atom stereocenters. The Balaban J connectivity index is 1.44. The van der Waals surface area contributed by atoms with E-state index in [-0.39, 0.29) is 0 Å². The lowest BCUT2D eigenvalue weighted by molar-refractivity contribution is 0.102. The summed E-state index contributed by atoms with van der Waals surface area (Å²) in [5, 5.41) is 0.858. The number of halogens is 1. The van der Waals surface area contributed by atoms with Crippen molar-refractivity contribution in [1.82, 2.24) is 4.90 Å². The van der Waals surface area contributed by atoms with E-state index < -0.39 is 0 Å². The smallest absolute Gasteiger partial charge is 0.0409 e. The van der Waals surface area contributed by atoms with Crippen LogP contribution >= 0.6 is 11.6 Å². The summed E-state index contributed by atoms with van der Waals surface area (Å²) in [6.07, 6.45) is 14.3. The maximum Gasteiger partial charge on any atom is 0.0409 e. The number of hydrogen-bond donors (Lipinski definition) is 0. The first kappa shape index (κ1) is 18.5. The van der Waals surface area contributed by atoms with Gasteiger partial charge in [-0.25, -0.2) is 0 Å². The molecule has 146 valence electrons. The lowest BCUT2D eigenvalue weighted by Gasteiger charge is -2.42. The van der Waals surface area contributed by atoms with Crippen LogP contribution in [0.1, 0.15) is 73.1 Å². The Morgan fingerprint density at radius 2 is 1.46 bits per heavy atom. The van der Waals surface area contributed by atoms with Crippen LogP contribution in [0.5, 0.6) is 0 Å². The molecule has 2 fully saturated rings. The lowest BCUT2D eigenvalue weighted by atomic mass is 9.74. The molecule has 28 heavy (non-hydrogen) atoms. The fourth-order valence-electron chi connectivity index (χ4n) is 5.83. The van der Waals surface area contributed by atoms with Gasteiger partial charge in [0.05, 0.1) is 0 Å². The van der Waals surface area contributed by atoms with Crippen molar-refractivity contribution in [3.63, 3.8) is 0 Å². The van der Waals surface area contributed by atoms with Gasteiger partial charge < -0.3 is 4.90 Å². The van der Waals surface area contributed by atoms with Gasteiger partial charge in [0, 0.05) is 17.0 Å². The maximum absolute atomic E-state index is 6.45. The number of hydrogen-bond acceptors (Lipinski definition) is 1. The molecular formula is C26H30ClN. The zero-order valence-electron chi connectivity index (χ0n) is 16.6. The molecule has 1 nitrogen and oxygen atoms in total. The molecule has 5 rings (SSSR count). The SMILES string of the molecule is Clc1ccc2c(c1)C(C1CCN(C3CCCCC3)CC1)c1ccccc1C=C2. The van der Waals surface area contributed by atoms with Gasteiger partial charge in [-0.05, 0) is 79.1 Å². The highest BCUT2D eigenvalue weighted by Gasteiger charge is 2.34. The topological polar surface area (TPSA) is 3.24 Å². The van der Waals surface area contributed by atoms with Crippen LogP contribution in [0, 0.1) is 5.92 Å². The van der Waals surface area contributed by atoms with Crippen LogP contribution in [-0.4, -0.2) is 24.0 Å². The minimum Gasteiger partial charge on any atom is -0.300 e. The van der Waals surface area contributed by atoms with E-state index in [1.807, 2.05) is 6.07 Å². The van der Waals surface area contributed by atoms with E-state index in [0.29, 0.717) is 11.8 Å². The predicted molar refractivity (Wildman–Crippen MR) is 120 cm³/mol. The third kappa shape index (κ3) is 3.55. The first-order valence-electron chi connectivity index (χ1n) is 11.1. The molecule has 2 heteroatoms. The summed E-state index contributed by atoms with van der Waals surface area (Å²) >= 11 is 6.45. The zero-order valence-corrected chi connectivity index (χ0v) is 17.4. The van der Waals surface area contributed by atoms with E-state index >= 15 is 0 Å². The molecule has 0 bridgehead atoms. The minimum absolute atomic E-state index is 0.452. The van der Waals surface area contributed by atoms with Crippen molar-refractivity contribution >= 4 is 23.8 Å². The molecule has 1 heterocycles. The Morgan fingerprint density at radius 1 is 0.750 bits per heavy atom. The summed E-state index contributed by atoms with van der Waals surface area (Å²) in [7, 11) is 0. The van der Waals surface area contributed by atoms with Gasteiger partial charge in [0.25, 0.3) is 0 Å². The molecule has 3 aliphatic rings. The monoisotopic (exact) mass is 391 g/mol. The van der Waals surface area contributed by atoms with Gasteiger partial charge in [-0.3, -0.25) is 0 Å². The van der Waals surface area contributed by atoms with Crippen molar-refractivity contribution in [2.45, 2.75) is 56.9 Å². The first-order valence-corrected chi connectivity index (χ1v) is 11.5. The second kappa shape index (κ2) is 8.05. The van der Waals surface area contributed by atoms with E-state index in [4.69, 9.17) is 11.6 Å². The highest BCUT2D eigenvalue weighted by atomic mass is 35.5. The molecule has 1 aliphatic heterocycles. The average Bonchev–Trinajstić information content (AvgIpc) is 2.91. The fraction of sp³-hybridized carbons (Fsp3) is 0.462. The van der Waals surface area contributed by atoms with Crippen LogP contribution in [0.2, 0.25) is 5.02 Å². The van der Waals surface area contributed by atoms with Gasteiger partial charge >= 0.3 is 0 Å². The van der Waals surface area contributed by atoms with E-state index in [0.717, 1.165) is 11.1 Å². The van der Waals surface area contributed by atoms with Crippen molar-refractivity contribution in [1.29, 1.82) is 0 Å². The third-order valence-corrected chi connectivity index (χ3v) is 7.53. The lowest BCUT2D eigenvalue weighted by Crippen LogP contribution is -2.43. The molecular weight excluding hydrogens is 362 g/mol. The molecule has 0 spiro atoms. The predicted octanol–water partition coefficient (Wildman–Crippen LogP) is 7.00. The van der Waals surface area contributed by atoms with Crippen LogP contribution in [0.25, 0.3) is 12.2 Å². The Kier molecular flexibility index (Phi) is 5.30. The first-order chi connectivity index (χ1) is 13.8. The van der Waals surface area contributed by atoms with Crippen molar-refractivity contribution in [2.24, 2.45) is 5.92 Å². The second-order valence-electron chi connectivity index (χ2n) is 8.88.